The Labute approximate surface area is 87.7 Å². The Morgan fingerprint density at radius 2 is 2.07 bits per heavy atom. The highest BCUT2D eigenvalue weighted by atomic mass is 35.5. The fourth-order valence-corrected chi connectivity index (χ4v) is 1.60. The molecule has 5 heteroatoms. The van der Waals surface area contributed by atoms with Gasteiger partial charge in [-0.15, -0.1) is 17.5 Å². The maximum absolute atomic E-state index is 4.14. The molecular formula is C9H11ClN4. The number of rotatable bonds is 1. The first-order valence-electron chi connectivity index (χ1n) is 4.46. The number of hydrogen-bond donors (Lipinski definition) is 1. The van der Waals surface area contributed by atoms with Crippen LogP contribution in [0.2, 0.25) is 0 Å². The molecular weight excluding hydrogens is 200 g/mol. The van der Waals surface area contributed by atoms with Crippen LogP contribution in [-0.2, 0) is 0 Å². The van der Waals surface area contributed by atoms with Gasteiger partial charge in [-0.05, 0) is 12.1 Å². The van der Waals surface area contributed by atoms with Crippen LogP contribution < -0.4 is 5.32 Å². The number of aromatic nitrogens is 3. The maximum atomic E-state index is 4.14. The number of halogens is 1. The number of nitrogens with one attached hydrogen (secondary N) is 1. The Balaban J connectivity index is 0.000000750. The average Bonchev–Trinajstić information content (AvgIpc) is 2.47. The van der Waals surface area contributed by atoms with Gasteiger partial charge < -0.3 is 5.32 Å². The number of para-hydroxylation sites is 1. The lowest BCUT2D eigenvalue weighted by Gasteiger charge is -2.27. The number of nitrogens with zero attached hydrogens (tertiary/aromatic N) is 3. The highest BCUT2D eigenvalue weighted by molar-refractivity contribution is 5.85. The fraction of sp³-hybridized carbons (Fsp3) is 0.333. The minimum atomic E-state index is 0. The van der Waals surface area contributed by atoms with Crippen molar-refractivity contribution in [3.63, 3.8) is 0 Å². The first-order valence-corrected chi connectivity index (χ1v) is 4.46. The molecule has 2 heterocycles. The Hall–Kier alpha value is -1.13. The lowest BCUT2D eigenvalue weighted by Crippen LogP contribution is -2.43. The normalized spacial score (nSPS) is 16.3. The summed E-state index contributed by atoms with van der Waals surface area (Å²) in [4.78, 5) is 0. The van der Waals surface area contributed by atoms with Gasteiger partial charge in [0, 0.05) is 13.1 Å². The summed E-state index contributed by atoms with van der Waals surface area (Å²) in [5.41, 5.74) is 2.11. The Morgan fingerprint density at radius 1 is 1.29 bits per heavy atom. The smallest absolute Gasteiger partial charge is 0.113 e. The summed E-state index contributed by atoms with van der Waals surface area (Å²) >= 11 is 0. The van der Waals surface area contributed by atoms with Crippen molar-refractivity contribution in [2.45, 2.75) is 6.04 Å². The van der Waals surface area contributed by atoms with Crippen LogP contribution in [0.25, 0.3) is 11.0 Å². The summed E-state index contributed by atoms with van der Waals surface area (Å²) in [6.07, 6.45) is 0. The molecule has 1 N–H and O–H groups in total. The molecule has 0 amide bonds. The standard InChI is InChI=1S/C9H10N4.ClH/c1-2-4-9-8(3-1)11-12-13(9)7-5-10-6-7;/h1-4,7,10H,5-6H2;1H. The highest BCUT2D eigenvalue weighted by Gasteiger charge is 2.21. The van der Waals surface area contributed by atoms with Crippen molar-refractivity contribution in [3.05, 3.63) is 24.3 Å². The minimum absolute atomic E-state index is 0. The first kappa shape index (κ1) is 9.43. The van der Waals surface area contributed by atoms with Crippen molar-refractivity contribution in [3.8, 4) is 0 Å². The van der Waals surface area contributed by atoms with Gasteiger partial charge in [0.2, 0.25) is 0 Å². The van der Waals surface area contributed by atoms with Crippen LogP contribution in [0, 0.1) is 0 Å². The van der Waals surface area contributed by atoms with Gasteiger partial charge in [0.15, 0.2) is 0 Å². The molecule has 0 atom stereocenters. The van der Waals surface area contributed by atoms with Gasteiger partial charge >= 0.3 is 0 Å². The fourth-order valence-electron chi connectivity index (χ4n) is 1.60. The highest BCUT2D eigenvalue weighted by Crippen LogP contribution is 2.17. The van der Waals surface area contributed by atoms with Crippen molar-refractivity contribution >= 4 is 23.4 Å². The third-order valence-corrected chi connectivity index (χ3v) is 2.48. The second-order valence-corrected chi connectivity index (χ2v) is 3.33. The molecule has 0 saturated carbocycles. The summed E-state index contributed by atoms with van der Waals surface area (Å²) in [6.45, 7) is 2.01. The molecule has 1 saturated heterocycles. The predicted octanol–water partition coefficient (Wildman–Crippen LogP) is 0.997. The Bertz CT molecular complexity index is 435. The molecule has 1 aromatic heterocycles. The van der Waals surface area contributed by atoms with E-state index in [4.69, 9.17) is 0 Å². The van der Waals surface area contributed by atoms with Crippen LogP contribution in [-0.4, -0.2) is 28.1 Å². The lowest BCUT2D eigenvalue weighted by molar-refractivity contribution is 0.320. The van der Waals surface area contributed by atoms with Gasteiger partial charge in [0.05, 0.1) is 11.6 Å². The van der Waals surface area contributed by atoms with E-state index in [-0.39, 0.29) is 12.4 Å². The second-order valence-electron chi connectivity index (χ2n) is 3.33. The van der Waals surface area contributed by atoms with Gasteiger partial charge in [-0.25, -0.2) is 4.68 Å². The van der Waals surface area contributed by atoms with E-state index in [9.17, 15) is 0 Å². The first-order chi connectivity index (χ1) is 6.45. The summed E-state index contributed by atoms with van der Waals surface area (Å²) in [7, 11) is 0. The molecule has 14 heavy (non-hydrogen) atoms. The largest absolute Gasteiger partial charge is 0.312 e. The average molecular weight is 211 g/mol. The number of benzene rings is 1. The van der Waals surface area contributed by atoms with Gasteiger partial charge in [-0.3, -0.25) is 0 Å². The third kappa shape index (κ3) is 1.27. The molecule has 0 unspecified atom stereocenters. The van der Waals surface area contributed by atoms with E-state index >= 15 is 0 Å². The summed E-state index contributed by atoms with van der Waals surface area (Å²) in [5, 5.41) is 11.5. The SMILES string of the molecule is Cl.c1ccc2c(c1)nnn2C1CNC1. The zero-order valence-corrected chi connectivity index (χ0v) is 8.37. The molecule has 2 aromatic rings. The summed E-state index contributed by atoms with van der Waals surface area (Å²) in [5.74, 6) is 0. The van der Waals surface area contributed by atoms with Crippen molar-refractivity contribution < 1.29 is 0 Å². The van der Waals surface area contributed by atoms with E-state index in [2.05, 4.69) is 21.7 Å². The van der Waals surface area contributed by atoms with Crippen LogP contribution in [0.5, 0.6) is 0 Å². The van der Waals surface area contributed by atoms with Crippen LogP contribution >= 0.6 is 12.4 Å². The van der Waals surface area contributed by atoms with Gasteiger partial charge in [0.1, 0.15) is 5.52 Å². The molecule has 1 aliphatic heterocycles. The Kier molecular flexibility index (Phi) is 2.39. The molecule has 0 bridgehead atoms. The van der Waals surface area contributed by atoms with Crippen molar-refractivity contribution in [2.24, 2.45) is 0 Å². The molecule has 1 aliphatic rings. The topological polar surface area (TPSA) is 42.7 Å². The lowest BCUT2D eigenvalue weighted by atomic mass is 10.2. The van der Waals surface area contributed by atoms with Gasteiger partial charge in [0.25, 0.3) is 0 Å². The van der Waals surface area contributed by atoms with E-state index in [0.29, 0.717) is 6.04 Å². The molecule has 1 fully saturated rings. The minimum Gasteiger partial charge on any atom is -0.312 e. The quantitative estimate of drug-likeness (QED) is 0.764. The summed E-state index contributed by atoms with van der Waals surface area (Å²) < 4.78 is 2.01. The van der Waals surface area contributed by atoms with Crippen LogP contribution in [0.15, 0.2) is 24.3 Å². The van der Waals surface area contributed by atoms with E-state index in [1.54, 1.807) is 0 Å². The molecule has 0 radical (unpaired) electrons. The predicted molar refractivity (Wildman–Crippen MR) is 56.7 cm³/mol. The monoisotopic (exact) mass is 210 g/mol. The maximum Gasteiger partial charge on any atom is 0.113 e. The van der Waals surface area contributed by atoms with E-state index in [0.717, 1.165) is 24.1 Å². The van der Waals surface area contributed by atoms with Crippen LogP contribution in [0.1, 0.15) is 6.04 Å². The van der Waals surface area contributed by atoms with Crippen LogP contribution in [0.4, 0.5) is 0 Å². The van der Waals surface area contributed by atoms with E-state index in [1.807, 2.05) is 22.9 Å². The molecule has 1 aromatic carbocycles. The van der Waals surface area contributed by atoms with E-state index < -0.39 is 0 Å². The van der Waals surface area contributed by atoms with Gasteiger partial charge in [-0.1, -0.05) is 17.3 Å². The van der Waals surface area contributed by atoms with Crippen molar-refractivity contribution in [1.29, 1.82) is 0 Å². The zero-order chi connectivity index (χ0) is 8.67. The second kappa shape index (κ2) is 3.55. The summed E-state index contributed by atoms with van der Waals surface area (Å²) in [6, 6.07) is 8.56. The third-order valence-electron chi connectivity index (χ3n) is 2.48. The van der Waals surface area contributed by atoms with E-state index in [1.165, 1.54) is 0 Å². The number of fused-ring (bicyclic) bond motifs is 1. The molecule has 74 valence electrons. The molecule has 4 nitrogen and oxygen atoms in total. The van der Waals surface area contributed by atoms with Crippen molar-refractivity contribution in [1.82, 2.24) is 20.3 Å². The zero-order valence-electron chi connectivity index (χ0n) is 7.55. The molecule has 0 spiro atoms. The van der Waals surface area contributed by atoms with Gasteiger partial charge in [-0.2, -0.15) is 0 Å². The van der Waals surface area contributed by atoms with Crippen molar-refractivity contribution in [2.75, 3.05) is 13.1 Å². The number of hydrogen-bond acceptors (Lipinski definition) is 3. The molecule has 3 rings (SSSR count). The van der Waals surface area contributed by atoms with Crippen LogP contribution in [0.3, 0.4) is 0 Å². The Morgan fingerprint density at radius 3 is 2.79 bits per heavy atom. The molecule has 0 aliphatic carbocycles.